The number of hydrogen-bond acceptors (Lipinski definition) is 5. The number of amides is 1. The van der Waals surface area contributed by atoms with Crippen molar-refractivity contribution >= 4 is 27.5 Å². The van der Waals surface area contributed by atoms with E-state index in [2.05, 4.69) is 16.5 Å². The molecule has 1 atom stereocenters. The van der Waals surface area contributed by atoms with Crippen LogP contribution >= 0.6 is 0 Å². The molecule has 0 spiro atoms. The van der Waals surface area contributed by atoms with Crippen LogP contribution in [0.15, 0.2) is 49.3 Å². The average molecular weight is 432 g/mol. The van der Waals surface area contributed by atoms with E-state index in [4.69, 9.17) is 26.2 Å². The highest BCUT2D eigenvalue weighted by Gasteiger charge is 2.33. The van der Waals surface area contributed by atoms with Gasteiger partial charge in [0.2, 0.25) is 11.9 Å². The van der Waals surface area contributed by atoms with Gasteiger partial charge in [-0.05, 0) is 30.2 Å². The number of carbonyl (C=O) groups excluding carboxylic acids is 1. The molecule has 1 amide bonds. The first-order chi connectivity index (χ1) is 14.4. The summed E-state index contributed by atoms with van der Waals surface area (Å²) >= 11 is 0. The van der Waals surface area contributed by atoms with E-state index in [0.717, 1.165) is 24.5 Å². The normalized spacial score (nSPS) is 16.4. The lowest BCUT2D eigenvalue weighted by Crippen LogP contribution is -2.37. The zero-order valence-corrected chi connectivity index (χ0v) is 16.3. The molecule has 2 heterocycles. The van der Waals surface area contributed by atoms with E-state index in [0.29, 0.717) is 19.5 Å². The Bertz CT molecular complexity index is 872. The maximum atomic E-state index is 12.6. The first kappa shape index (κ1) is 24.4. The highest BCUT2D eigenvalue weighted by Crippen LogP contribution is 2.31. The first-order valence-corrected chi connectivity index (χ1v) is 9.00. The number of likely N-dealkylation sites (tertiary alicyclic amines) is 1. The smallest absolute Gasteiger partial charge is 0.385 e. The molecule has 2 aromatic rings. The zero-order chi connectivity index (χ0) is 23.2. The second kappa shape index (κ2) is 9.95. The molecule has 1 fully saturated rings. The summed E-state index contributed by atoms with van der Waals surface area (Å²) in [6.07, 6.45) is -1.05. The maximum Gasteiger partial charge on any atom is 0.416 e. The van der Waals surface area contributed by atoms with Crippen molar-refractivity contribution in [3.63, 3.8) is 0 Å². The molecular weight excluding hydrogens is 414 g/mol. The summed E-state index contributed by atoms with van der Waals surface area (Å²) in [6, 6.07) is 4.17. The number of anilines is 1. The molecule has 3 rings (SSSR count). The SMILES string of the molecule is Nc1ncc(F)cn1.[B]C([B])(OC1CCN(C(=O)C=C)C1)c1ccc(C(F)(F)F)cc1. The van der Waals surface area contributed by atoms with Crippen LogP contribution in [-0.2, 0) is 21.1 Å². The molecule has 2 N–H and O–H groups in total. The molecule has 0 aliphatic carbocycles. The van der Waals surface area contributed by atoms with Crippen molar-refractivity contribution in [2.45, 2.75) is 24.1 Å². The lowest BCUT2D eigenvalue weighted by atomic mass is 9.61. The van der Waals surface area contributed by atoms with Crippen molar-refractivity contribution in [3.05, 3.63) is 66.3 Å². The Morgan fingerprint density at radius 2 is 1.74 bits per heavy atom. The fourth-order valence-electron chi connectivity index (χ4n) is 2.74. The highest BCUT2D eigenvalue weighted by molar-refractivity contribution is 6.38. The molecule has 0 saturated carbocycles. The van der Waals surface area contributed by atoms with Crippen LogP contribution in [0.3, 0.4) is 0 Å². The fourth-order valence-corrected chi connectivity index (χ4v) is 2.74. The van der Waals surface area contributed by atoms with Gasteiger partial charge in [0, 0.05) is 18.5 Å². The van der Waals surface area contributed by atoms with Gasteiger partial charge in [0.15, 0.2) is 5.82 Å². The summed E-state index contributed by atoms with van der Waals surface area (Å²) in [5.41, 5.74) is 4.47. The van der Waals surface area contributed by atoms with Gasteiger partial charge in [-0.15, -0.1) is 0 Å². The lowest BCUT2D eigenvalue weighted by molar-refractivity contribution is -0.137. The molecule has 1 aromatic heterocycles. The van der Waals surface area contributed by atoms with Crippen molar-refractivity contribution in [3.8, 4) is 0 Å². The van der Waals surface area contributed by atoms with Crippen LogP contribution in [0.25, 0.3) is 0 Å². The van der Waals surface area contributed by atoms with Crippen LogP contribution in [0.1, 0.15) is 17.5 Å². The van der Waals surface area contributed by atoms with Gasteiger partial charge in [-0.3, -0.25) is 4.79 Å². The summed E-state index contributed by atoms with van der Waals surface area (Å²) in [5, 5.41) is -1.73. The standard InChI is InChI=1S/C15H14B2F3NO2.C4H4FN3/c1-2-13(22)21-8-7-12(9-21)23-14(16,17)10-3-5-11(6-4-10)15(18,19)20;5-3-1-7-4(6)8-2-3/h2-6,12H,1,7-9H2;1-2H,(H2,6,7,8). The molecular formula is C19H18B2F4N4O2. The van der Waals surface area contributed by atoms with E-state index in [9.17, 15) is 22.4 Å². The Labute approximate surface area is 179 Å². The predicted molar refractivity (Wildman–Crippen MR) is 107 cm³/mol. The Morgan fingerprint density at radius 3 is 2.23 bits per heavy atom. The van der Waals surface area contributed by atoms with E-state index < -0.39 is 29.1 Å². The molecule has 4 radical (unpaired) electrons. The number of nitrogens with zero attached hydrogens (tertiary/aromatic N) is 3. The van der Waals surface area contributed by atoms with E-state index in [1.54, 1.807) is 4.90 Å². The number of benzene rings is 1. The van der Waals surface area contributed by atoms with Gasteiger partial charge in [-0.1, -0.05) is 18.7 Å². The molecule has 12 heteroatoms. The number of alkyl halides is 3. The van der Waals surface area contributed by atoms with Crippen molar-refractivity contribution in [2.75, 3.05) is 18.8 Å². The summed E-state index contributed by atoms with van der Waals surface area (Å²) in [6.45, 7) is 4.20. The van der Waals surface area contributed by atoms with Crippen LogP contribution in [0.4, 0.5) is 23.5 Å². The summed E-state index contributed by atoms with van der Waals surface area (Å²) < 4.78 is 55.2. The van der Waals surface area contributed by atoms with E-state index in [-0.39, 0.29) is 17.4 Å². The monoisotopic (exact) mass is 432 g/mol. The van der Waals surface area contributed by atoms with E-state index in [1.807, 2.05) is 0 Å². The van der Waals surface area contributed by atoms with Gasteiger partial charge in [-0.25, -0.2) is 14.4 Å². The number of nitrogens with two attached hydrogens (primary N) is 1. The number of carbonyl (C=O) groups is 1. The van der Waals surface area contributed by atoms with Gasteiger partial charge < -0.3 is 15.4 Å². The topological polar surface area (TPSA) is 81.3 Å². The minimum Gasteiger partial charge on any atom is -0.385 e. The summed E-state index contributed by atoms with van der Waals surface area (Å²) in [7, 11) is 11.8. The second-order valence-corrected chi connectivity index (χ2v) is 6.64. The third-order valence-corrected chi connectivity index (χ3v) is 4.30. The van der Waals surface area contributed by atoms with Gasteiger partial charge in [0.1, 0.15) is 15.7 Å². The molecule has 31 heavy (non-hydrogen) atoms. The minimum atomic E-state index is -4.43. The molecule has 1 aliphatic heterocycles. The van der Waals surface area contributed by atoms with Crippen molar-refractivity contribution in [1.29, 1.82) is 0 Å². The maximum absolute atomic E-state index is 12.6. The lowest BCUT2D eigenvalue weighted by Gasteiger charge is -2.31. The predicted octanol–water partition coefficient (Wildman–Crippen LogP) is 2.15. The van der Waals surface area contributed by atoms with Crippen molar-refractivity contribution < 1.29 is 27.1 Å². The van der Waals surface area contributed by atoms with Crippen molar-refractivity contribution in [2.24, 2.45) is 0 Å². The Hall–Kier alpha value is -2.88. The highest BCUT2D eigenvalue weighted by atomic mass is 19.4. The number of aromatic nitrogens is 2. The second-order valence-electron chi connectivity index (χ2n) is 6.64. The third-order valence-electron chi connectivity index (χ3n) is 4.30. The Kier molecular flexibility index (Phi) is 7.83. The Balaban J connectivity index is 0.000000357. The quantitative estimate of drug-likeness (QED) is 0.455. The number of halogens is 4. The zero-order valence-electron chi connectivity index (χ0n) is 16.3. The molecule has 0 bridgehead atoms. The summed E-state index contributed by atoms with van der Waals surface area (Å²) in [4.78, 5) is 19.8. The van der Waals surface area contributed by atoms with Crippen LogP contribution in [0.2, 0.25) is 0 Å². The van der Waals surface area contributed by atoms with Gasteiger partial charge in [0.25, 0.3) is 0 Å². The Morgan fingerprint density at radius 1 is 1.19 bits per heavy atom. The summed E-state index contributed by atoms with van der Waals surface area (Å²) in [5.74, 6) is -0.601. The van der Waals surface area contributed by atoms with Gasteiger partial charge in [0.05, 0.1) is 24.1 Å². The van der Waals surface area contributed by atoms with Crippen LogP contribution in [-0.4, -0.2) is 55.7 Å². The van der Waals surface area contributed by atoms with E-state index in [1.165, 1.54) is 18.2 Å². The number of ether oxygens (including phenoxy) is 1. The molecule has 1 unspecified atom stereocenters. The minimum absolute atomic E-state index is 0.0893. The van der Waals surface area contributed by atoms with Crippen LogP contribution < -0.4 is 5.73 Å². The molecule has 160 valence electrons. The number of nitrogen functional groups attached to an aromatic ring is 1. The van der Waals surface area contributed by atoms with Crippen LogP contribution in [0.5, 0.6) is 0 Å². The first-order valence-electron chi connectivity index (χ1n) is 9.00. The molecule has 6 nitrogen and oxygen atoms in total. The van der Waals surface area contributed by atoms with Gasteiger partial charge in [-0.2, -0.15) is 13.2 Å². The molecule has 1 aliphatic rings. The van der Waals surface area contributed by atoms with E-state index >= 15 is 0 Å². The average Bonchev–Trinajstić information content (AvgIpc) is 3.17. The van der Waals surface area contributed by atoms with Gasteiger partial charge >= 0.3 is 6.18 Å². The van der Waals surface area contributed by atoms with Crippen molar-refractivity contribution in [1.82, 2.24) is 14.9 Å². The molecule has 1 aromatic carbocycles. The molecule has 1 saturated heterocycles. The third kappa shape index (κ3) is 7.09. The largest absolute Gasteiger partial charge is 0.416 e. The fraction of sp³-hybridized carbons (Fsp3) is 0.316. The number of hydrogen-bond donors (Lipinski definition) is 1. The number of rotatable bonds is 4. The van der Waals surface area contributed by atoms with Crippen LogP contribution in [0, 0.1) is 5.82 Å².